The maximum Gasteiger partial charge on any atom is 0.339 e. The Labute approximate surface area is 157 Å². The standard InChI is InChI=1S/C18H15N3O5S/c1-27(24)14-10-6-5-9-13(14)17(23)25-11-15(22)19-18-21-20-16(26-18)12-7-3-2-4-8-12/h2-10H,11H2,1H3,(H,19,21,22)/t27-/m1/s1. The summed E-state index contributed by atoms with van der Waals surface area (Å²) in [6.45, 7) is -0.549. The number of hydrogen-bond donors (Lipinski definition) is 1. The predicted octanol–water partition coefficient (Wildman–Crippen LogP) is 2.27. The Hall–Kier alpha value is -3.33. The van der Waals surface area contributed by atoms with Gasteiger partial charge in [-0.1, -0.05) is 35.4 Å². The molecule has 3 rings (SSSR count). The van der Waals surface area contributed by atoms with E-state index in [0.717, 1.165) is 0 Å². The number of carbonyl (C=O) groups is 2. The molecule has 1 atom stereocenters. The van der Waals surface area contributed by atoms with Gasteiger partial charge in [0, 0.05) is 11.8 Å². The first-order chi connectivity index (χ1) is 13.0. The Balaban J connectivity index is 1.58. The smallest absolute Gasteiger partial charge is 0.339 e. The van der Waals surface area contributed by atoms with Crippen LogP contribution in [0, 0.1) is 0 Å². The van der Waals surface area contributed by atoms with Crippen molar-refractivity contribution in [3.8, 4) is 11.5 Å². The lowest BCUT2D eigenvalue weighted by atomic mass is 10.2. The molecule has 0 saturated carbocycles. The van der Waals surface area contributed by atoms with Crippen LogP contribution in [0.3, 0.4) is 0 Å². The fourth-order valence-electron chi connectivity index (χ4n) is 2.22. The quantitative estimate of drug-likeness (QED) is 0.648. The second kappa shape index (κ2) is 8.37. The molecule has 138 valence electrons. The van der Waals surface area contributed by atoms with Gasteiger partial charge in [0.05, 0.1) is 21.3 Å². The lowest BCUT2D eigenvalue weighted by molar-refractivity contribution is -0.119. The normalized spacial score (nSPS) is 11.6. The molecule has 0 fully saturated rings. The minimum absolute atomic E-state index is 0.107. The van der Waals surface area contributed by atoms with Gasteiger partial charge in [0.25, 0.3) is 5.91 Å². The van der Waals surface area contributed by atoms with Crippen molar-refractivity contribution in [2.75, 3.05) is 18.2 Å². The minimum atomic E-state index is -1.36. The molecule has 1 N–H and O–H groups in total. The Morgan fingerprint density at radius 2 is 1.78 bits per heavy atom. The molecule has 9 heteroatoms. The average Bonchev–Trinajstić information content (AvgIpc) is 3.15. The van der Waals surface area contributed by atoms with E-state index in [1.165, 1.54) is 12.3 Å². The van der Waals surface area contributed by atoms with E-state index in [4.69, 9.17) is 9.15 Å². The number of amides is 1. The Kier molecular flexibility index (Phi) is 5.72. The van der Waals surface area contributed by atoms with Crippen molar-refractivity contribution < 1.29 is 23.0 Å². The van der Waals surface area contributed by atoms with Gasteiger partial charge in [0.1, 0.15) is 0 Å². The van der Waals surface area contributed by atoms with Crippen LogP contribution in [-0.2, 0) is 20.3 Å². The lowest BCUT2D eigenvalue weighted by Crippen LogP contribution is -2.21. The summed E-state index contributed by atoms with van der Waals surface area (Å²) >= 11 is 0. The molecular weight excluding hydrogens is 370 g/mol. The number of nitrogens with zero attached hydrogens (tertiary/aromatic N) is 2. The number of hydrogen-bond acceptors (Lipinski definition) is 7. The van der Waals surface area contributed by atoms with Crippen LogP contribution < -0.4 is 5.32 Å². The molecule has 1 amide bonds. The summed E-state index contributed by atoms with van der Waals surface area (Å²) in [6.07, 6.45) is 1.46. The van der Waals surface area contributed by atoms with Crippen molar-refractivity contribution in [3.63, 3.8) is 0 Å². The van der Waals surface area contributed by atoms with Gasteiger partial charge in [-0.25, -0.2) is 4.79 Å². The third kappa shape index (κ3) is 4.64. The van der Waals surface area contributed by atoms with E-state index in [1.54, 1.807) is 30.3 Å². The topological polar surface area (TPSA) is 111 Å². The number of esters is 1. The minimum Gasteiger partial charge on any atom is -0.452 e. The summed E-state index contributed by atoms with van der Waals surface area (Å²) in [6, 6.07) is 15.3. The second-order valence-electron chi connectivity index (χ2n) is 5.35. The Morgan fingerprint density at radius 1 is 1.07 bits per heavy atom. The highest BCUT2D eigenvalue weighted by Crippen LogP contribution is 2.19. The van der Waals surface area contributed by atoms with Gasteiger partial charge in [-0.15, -0.1) is 5.10 Å². The monoisotopic (exact) mass is 385 g/mol. The van der Waals surface area contributed by atoms with Crippen molar-refractivity contribution in [1.29, 1.82) is 0 Å². The first-order valence-electron chi connectivity index (χ1n) is 7.83. The molecular formula is C18H15N3O5S. The van der Waals surface area contributed by atoms with Crippen LogP contribution in [0.15, 0.2) is 63.9 Å². The van der Waals surface area contributed by atoms with Crippen LogP contribution in [0.5, 0.6) is 0 Å². The van der Waals surface area contributed by atoms with E-state index in [0.29, 0.717) is 10.5 Å². The van der Waals surface area contributed by atoms with Crippen LogP contribution in [0.25, 0.3) is 11.5 Å². The summed E-state index contributed by atoms with van der Waals surface area (Å²) < 4.78 is 22.0. The molecule has 0 spiro atoms. The molecule has 0 radical (unpaired) electrons. The predicted molar refractivity (Wildman–Crippen MR) is 97.4 cm³/mol. The number of ether oxygens (including phenoxy) is 1. The van der Waals surface area contributed by atoms with Crippen LogP contribution in [0.2, 0.25) is 0 Å². The number of carbonyl (C=O) groups excluding carboxylic acids is 2. The summed E-state index contributed by atoms with van der Waals surface area (Å²) in [5, 5.41) is 9.93. The molecule has 0 aliphatic heterocycles. The summed E-state index contributed by atoms with van der Waals surface area (Å²) in [7, 11) is -1.36. The third-order valence-corrected chi connectivity index (χ3v) is 4.42. The van der Waals surface area contributed by atoms with Crippen molar-refractivity contribution in [2.45, 2.75) is 4.90 Å². The van der Waals surface area contributed by atoms with Gasteiger partial charge in [-0.2, -0.15) is 0 Å². The average molecular weight is 385 g/mol. The zero-order valence-corrected chi connectivity index (χ0v) is 15.1. The van der Waals surface area contributed by atoms with Gasteiger partial charge < -0.3 is 9.15 Å². The zero-order chi connectivity index (χ0) is 19.2. The molecule has 0 aliphatic rings. The molecule has 3 aromatic rings. The molecule has 8 nitrogen and oxygen atoms in total. The molecule has 0 aliphatic carbocycles. The third-order valence-electron chi connectivity index (χ3n) is 3.44. The molecule has 2 aromatic carbocycles. The van der Waals surface area contributed by atoms with Crippen molar-refractivity contribution in [3.05, 3.63) is 60.2 Å². The molecule has 0 saturated heterocycles. The van der Waals surface area contributed by atoms with Gasteiger partial charge in [-0.05, 0) is 24.3 Å². The Bertz CT molecular complexity index is 987. The van der Waals surface area contributed by atoms with Crippen LogP contribution in [0.4, 0.5) is 6.01 Å². The summed E-state index contributed by atoms with van der Waals surface area (Å²) in [5.74, 6) is -1.13. The molecule has 27 heavy (non-hydrogen) atoms. The first-order valence-corrected chi connectivity index (χ1v) is 9.39. The van der Waals surface area contributed by atoms with Crippen LogP contribution in [-0.4, -0.2) is 39.1 Å². The van der Waals surface area contributed by atoms with E-state index >= 15 is 0 Å². The molecule has 0 unspecified atom stereocenters. The fraction of sp³-hybridized carbons (Fsp3) is 0.111. The highest BCUT2D eigenvalue weighted by atomic mass is 32.2. The van der Waals surface area contributed by atoms with Crippen molar-refractivity contribution >= 4 is 28.7 Å². The molecule has 1 heterocycles. The van der Waals surface area contributed by atoms with E-state index < -0.39 is 29.3 Å². The first kappa shape index (κ1) is 18.5. The maximum absolute atomic E-state index is 12.1. The van der Waals surface area contributed by atoms with Gasteiger partial charge >= 0.3 is 12.0 Å². The number of nitrogens with one attached hydrogen (secondary N) is 1. The Morgan fingerprint density at radius 3 is 2.52 bits per heavy atom. The second-order valence-corrected chi connectivity index (χ2v) is 6.70. The fourth-order valence-corrected chi connectivity index (χ4v) is 2.95. The van der Waals surface area contributed by atoms with Crippen molar-refractivity contribution in [2.24, 2.45) is 0 Å². The van der Waals surface area contributed by atoms with E-state index in [9.17, 15) is 13.8 Å². The highest BCUT2D eigenvalue weighted by molar-refractivity contribution is 7.84. The van der Waals surface area contributed by atoms with Crippen LogP contribution in [0.1, 0.15) is 10.4 Å². The summed E-state index contributed by atoms with van der Waals surface area (Å²) in [4.78, 5) is 24.4. The van der Waals surface area contributed by atoms with Gasteiger partial charge in [0.15, 0.2) is 6.61 Å². The van der Waals surface area contributed by atoms with E-state index in [-0.39, 0.29) is 17.5 Å². The number of rotatable bonds is 6. The number of benzene rings is 2. The van der Waals surface area contributed by atoms with Gasteiger partial charge in [-0.3, -0.25) is 14.3 Å². The molecule has 1 aromatic heterocycles. The largest absolute Gasteiger partial charge is 0.452 e. The maximum atomic E-state index is 12.1. The summed E-state index contributed by atoms with van der Waals surface area (Å²) in [5.41, 5.74) is 0.858. The molecule has 0 bridgehead atoms. The van der Waals surface area contributed by atoms with Crippen LogP contribution >= 0.6 is 0 Å². The number of aromatic nitrogens is 2. The zero-order valence-electron chi connectivity index (χ0n) is 14.2. The highest BCUT2D eigenvalue weighted by Gasteiger charge is 2.17. The van der Waals surface area contributed by atoms with E-state index in [1.807, 2.05) is 18.2 Å². The van der Waals surface area contributed by atoms with Gasteiger partial charge in [0.2, 0.25) is 5.89 Å². The van der Waals surface area contributed by atoms with Crippen molar-refractivity contribution in [1.82, 2.24) is 10.2 Å². The number of anilines is 1. The SMILES string of the molecule is C[S@@](=O)c1ccccc1C(=O)OCC(=O)Nc1nnc(-c2ccccc2)o1. The van der Waals surface area contributed by atoms with E-state index in [2.05, 4.69) is 15.5 Å². The lowest BCUT2D eigenvalue weighted by Gasteiger charge is -2.07.